The second-order valence-electron chi connectivity index (χ2n) is 5.40. The first-order valence-electron chi connectivity index (χ1n) is 6.77. The molecule has 3 rings (SSSR count). The van der Waals surface area contributed by atoms with E-state index in [9.17, 15) is 4.79 Å². The zero-order chi connectivity index (χ0) is 14.1. The highest BCUT2D eigenvalue weighted by Crippen LogP contribution is 2.32. The van der Waals surface area contributed by atoms with Crippen LogP contribution in [0, 0.1) is 5.92 Å². The van der Waals surface area contributed by atoms with Crippen molar-refractivity contribution in [3.8, 4) is 5.75 Å². The average molecular weight is 277 g/mol. The Hall–Kier alpha value is -1.79. The van der Waals surface area contributed by atoms with E-state index in [1.165, 1.54) is 0 Å². The topological polar surface area (TPSA) is 90.8 Å². The van der Waals surface area contributed by atoms with Crippen LogP contribution in [-0.4, -0.2) is 30.7 Å². The van der Waals surface area contributed by atoms with Crippen LogP contribution in [0.25, 0.3) is 0 Å². The van der Waals surface area contributed by atoms with E-state index < -0.39 is 0 Å². The lowest BCUT2D eigenvalue weighted by Gasteiger charge is -2.24. The summed E-state index contributed by atoms with van der Waals surface area (Å²) in [5, 5.41) is 0. The van der Waals surface area contributed by atoms with Crippen molar-refractivity contribution in [1.82, 2.24) is 4.90 Å². The summed E-state index contributed by atoms with van der Waals surface area (Å²) < 4.78 is 10.9. The number of nitrogens with zero attached hydrogens (tertiary/aromatic N) is 1. The van der Waals surface area contributed by atoms with Crippen LogP contribution in [-0.2, 0) is 22.7 Å². The molecule has 2 aliphatic heterocycles. The van der Waals surface area contributed by atoms with Crippen molar-refractivity contribution in [2.45, 2.75) is 19.6 Å². The van der Waals surface area contributed by atoms with Gasteiger partial charge >= 0.3 is 0 Å². The van der Waals surface area contributed by atoms with Crippen LogP contribution in [0.4, 0.5) is 5.69 Å². The van der Waals surface area contributed by atoms with Gasteiger partial charge in [0.05, 0.1) is 12.5 Å². The van der Waals surface area contributed by atoms with E-state index in [0.29, 0.717) is 18.8 Å². The van der Waals surface area contributed by atoms with Gasteiger partial charge in [0.1, 0.15) is 5.75 Å². The summed E-state index contributed by atoms with van der Waals surface area (Å²) in [5.41, 5.74) is 14.0. The molecule has 6 heteroatoms. The highest BCUT2D eigenvalue weighted by atomic mass is 16.7. The average Bonchev–Trinajstić information content (AvgIpc) is 2.87. The zero-order valence-corrected chi connectivity index (χ0v) is 11.3. The molecular weight excluding hydrogens is 258 g/mol. The number of fused-ring (bicyclic) bond motifs is 1. The van der Waals surface area contributed by atoms with Crippen molar-refractivity contribution in [3.63, 3.8) is 0 Å². The second-order valence-corrected chi connectivity index (χ2v) is 5.40. The molecule has 0 bridgehead atoms. The lowest BCUT2D eigenvalue weighted by molar-refractivity contribution is -0.121. The van der Waals surface area contributed by atoms with Gasteiger partial charge in [0.2, 0.25) is 5.91 Å². The van der Waals surface area contributed by atoms with Crippen LogP contribution in [0.2, 0.25) is 0 Å². The number of anilines is 1. The van der Waals surface area contributed by atoms with Gasteiger partial charge in [0.15, 0.2) is 6.79 Å². The molecule has 1 atom stereocenters. The maximum atomic E-state index is 11.2. The quantitative estimate of drug-likeness (QED) is 0.782. The summed E-state index contributed by atoms with van der Waals surface area (Å²) in [5.74, 6) is 0.607. The summed E-state index contributed by atoms with van der Waals surface area (Å²) in [6.07, 6.45) is 0.823. The monoisotopic (exact) mass is 277 g/mol. The summed E-state index contributed by atoms with van der Waals surface area (Å²) in [6.45, 7) is 3.09. The summed E-state index contributed by atoms with van der Waals surface area (Å²) in [4.78, 5) is 13.4. The van der Waals surface area contributed by atoms with E-state index in [2.05, 4.69) is 4.90 Å². The molecular formula is C14H19N3O3. The molecule has 0 spiro atoms. The molecule has 20 heavy (non-hydrogen) atoms. The van der Waals surface area contributed by atoms with Gasteiger partial charge in [-0.25, -0.2) is 0 Å². The number of carbonyl (C=O) groups excluding carboxylic acids is 1. The van der Waals surface area contributed by atoms with Gasteiger partial charge in [-0.15, -0.1) is 0 Å². The van der Waals surface area contributed by atoms with E-state index in [-0.39, 0.29) is 18.6 Å². The molecule has 0 aliphatic carbocycles. The Morgan fingerprint density at radius 2 is 2.30 bits per heavy atom. The number of carbonyl (C=O) groups is 1. The third kappa shape index (κ3) is 2.57. The van der Waals surface area contributed by atoms with E-state index in [1.54, 1.807) is 0 Å². The molecule has 1 saturated heterocycles. The third-order valence-electron chi connectivity index (χ3n) is 3.88. The smallest absolute Gasteiger partial charge is 0.221 e. The molecule has 0 aromatic heterocycles. The van der Waals surface area contributed by atoms with Gasteiger partial charge in [0, 0.05) is 29.9 Å². The largest absolute Gasteiger partial charge is 0.467 e. The minimum absolute atomic E-state index is 0.0452. The fourth-order valence-electron chi connectivity index (χ4n) is 2.89. The van der Waals surface area contributed by atoms with Crippen molar-refractivity contribution in [2.24, 2.45) is 11.7 Å². The van der Waals surface area contributed by atoms with Gasteiger partial charge < -0.3 is 20.9 Å². The van der Waals surface area contributed by atoms with Crippen LogP contribution in [0.15, 0.2) is 12.1 Å². The number of ether oxygens (including phenoxy) is 2. The van der Waals surface area contributed by atoms with E-state index in [0.717, 1.165) is 36.4 Å². The highest BCUT2D eigenvalue weighted by Gasteiger charge is 2.27. The predicted octanol–water partition coefficient (Wildman–Crippen LogP) is 0.442. The second kappa shape index (κ2) is 5.30. The van der Waals surface area contributed by atoms with Crippen LogP contribution < -0.4 is 16.2 Å². The SMILES string of the molecule is NC(=O)C1CCN(Cc2cc(N)cc3c2OCOC3)C1. The molecule has 0 saturated carbocycles. The number of benzene rings is 1. The number of nitrogens with two attached hydrogens (primary N) is 2. The van der Waals surface area contributed by atoms with Crippen LogP contribution in [0.3, 0.4) is 0 Å². The molecule has 1 aromatic rings. The molecule has 0 radical (unpaired) electrons. The number of rotatable bonds is 3. The first-order valence-corrected chi connectivity index (χ1v) is 6.77. The molecule has 2 aliphatic rings. The Morgan fingerprint density at radius 3 is 3.05 bits per heavy atom. The Balaban J connectivity index is 1.78. The molecule has 1 aromatic carbocycles. The van der Waals surface area contributed by atoms with Gasteiger partial charge in [-0.3, -0.25) is 9.69 Å². The van der Waals surface area contributed by atoms with Gasteiger partial charge in [0.25, 0.3) is 0 Å². The molecule has 2 heterocycles. The van der Waals surface area contributed by atoms with Crippen LogP contribution in [0.1, 0.15) is 17.5 Å². The van der Waals surface area contributed by atoms with Crippen molar-refractivity contribution in [1.29, 1.82) is 0 Å². The maximum absolute atomic E-state index is 11.2. The Labute approximate surface area is 117 Å². The van der Waals surface area contributed by atoms with Gasteiger partial charge in [-0.05, 0) is 25.1 Å². The molecule has 6 nitrogen and oxygen atoms in total. The van der Waals surface area contributed by atoms with Gasteiger partial charge in [-0.1, -0.05) is 0 Å². The first kappa shape index (κ1) is 13.2. The lowest BCUT2D eigenvalue weighted by atomic mass is 10.1. The Kier molecular flexibility index (Phi) is 3.50. The fraction of sp³-hybridized carbons (Fsp3) is 0.500. The number of hydrogen-bond acceptors (Lipinski definition) is 5. The van der Waals surface area contributed by atoms with Crippen molar-refractivity contribution in [2.75, 3.05) is 25.6 Å². The van der Waals surface area contributed by atoms with E-state index in [1.807, 2.05) is 12.1 Å². The van der Waals surface area contributed by atoms with Crippen molar-refractivity contribution < 1.29 is 14.3 Å². The summed E-state index contributed by atoms with van der Waals surface area (Å²) >= 11 is 0. The minimum atomic E-state index is -0.216. The number of likely N-dealkylation sites (tertiary alicyclic amines) is 1. The zero-order valence-electron chi connectivity index (χ0n) is 11.3. The first-order chi connectivity index (χ1) is 9.63. The van der Waals surface area contributed by atoms with Gasteiger partial charge in [-0.2, -0.15) is 0 Å². The standard InChI is InChI=1S/C14H19N3O3/c15-12-3-10(13-11(4-12)7-19-8-20-13)6-17-2-1-9(5-17)14(16)18/h3-4,9H,1-2,5-8,15H2,(H2,16,18). The maximum Gasteiger partial charge on any atom is 0.221 e. The highest BCUT2D eigenvalue weighted by molar-refractivity contribution is 5.77. The fourth-order valence-corrected chi connectivity index (χ4v) is 2.89. The number of amides is 1. The van der Waals surface area contributed by atoms with Crippen LogP contribution in [0.5, 0.6) is 5.75 Å². The molecule has 4 N–H and O–H groups in total. The van der Waals surface area contributed by atoms with Crippen molar-refractivity contribution >= 4 is 11.6 Å². The number of nitrogen functional groups attached to an aromatic ring is 1. The third-order valence-corrected chi connectivity index (χ3v) is 3.88. The van der Waals surface area contributed by atoms with E-state index >= 15 is 0 Å². The summed E-state index contributed by atoms with van der Waals surface area (Å²) in [7, 11) is 0. The van der Waals surface area contributed by atoms with Crippen molar-refractivity contribution in [3.05, 3.63) is 23.3 Å². The normalized spacial score (nSPS) is 22.3. The number of hydrogen-bond donors (Lipinski definition) is 2. The Morgan fingerprint density at radius 1 is 1.45 bits per heavy atom. The molecule has 1 unspecified atom stereocenters. The minimum Gasteiger partial charge on any atom is -0.467 e. The Bertz CT molecular complexity index is 533. The van der Waals surface area contributed by atoms with Crippen LogP contribution >= 0.6 is 0 Å². The summed E-state index contributed by atoms with van der Waals surface area (Å²) in [6, 6.07) is 3.82. The lowest BCUT2D eigenvalue weighted by Crippen LogP contribution is -2.27. The molecule has 108 valence electrons. The van der Waals surface area contributed by atoms with E-state index in [4.69, 9.17) is 20.9 Å². The molecule has 1 amide bonds. The number of primary amides is 1. The predicted molar refractivity (Wildman–Crippen MR) is 73.7 cm³/mol. The molecule has 1 fully saturated rings.